The van der Waals surface area contributed by atoms with E-state index in [9.17, 15) is 0 Å². The van der Waals surface area contributed by atoms with Gasteiger partial charge in [0.1, 0.15) is 5.75 Å². The van der Waals surface area contributed by atoms with Crippen molar-refractivity contribution < 1.29 is 18.9 Å². The molecule has 2 aromatic rings. The maximum absolute atomic E-state index is 5.57. The van der Waals surface area contributed by atoms with Crippen molar-refractivity contribution >= 4 is 0 Å². The Labute approximate surface area is 144 Å². The third-order valence-electron chi connectivity index (χ3n) is 4.10. The van der Waals surface area contributed by atoms with Crippen LogP contribution in [0.2, 0.25) is 0 Å². The second-order valence-electron chi connectivity index (χ2n) is 5.85. The van der Waals surface area contributed by atoms with E-state index in [2.05, 4.69) is 19.1 Å². The van der Waals surface area contributed by atoms with Crippen LogP contribution in [0.3, 0.4) is 0 Å². The number of rotatable bonds is 8. The molecule has 0 saturated carbocycles. The first-order valence-corrected chi connectivity index (χ1v) is 8.03. The molecule has 0 aliphatic heterocycles. The molecule has 4 heteroatoms. The molecule has 0 aliphatic rings. The smallest absolute Gasteiger partial charge is 0.203 e. The van der Waals surface area contributed by atoms with Crippen LogP contribution in [0.5, 0.6) is 23.0 Å². The highest BCUT2D eigenvalue weighted by Gasteiger charge is 2.17. The molecule has 2 aromatic carbocycles. The van der Waals surface area contributed by atoms with E-state index >= 15 is 0 Å². The number of hydrogen-bond acceptors (Lipinski definition) is 4. The van der Waals surface area contributed by atoms with E-state index in [0.717, 1.165) is 29.9 Å². The Morgan fingerprint density at radius 1 is 0.708 bits per heavy atom. The Hall–Kier alpha value is -2.36. The van der Waals surface area contributed by atoms with E-state index < -0.39 is 0 Å². The van der Waals surface area contributed by atoms with Crippen molar-refractivity contribution in [2.45, 2.75) is 19.8 Å². The fourth-order valence-electron chi connectivity index (χ4n) is 2.94. The van der Waals surface area contributed by atoms with Gasteiger partial charge in [0.05, 0.1) is 28.4 Å². The molecule has 1 unspecified atom stereocenters. The van der Waals surface area contributed by atoms with Crippen LogP contribution in [0, 0.1) is 5.92 Å². The summed E-state index contributed by atoms with van der Waals surface area (Å²) in [5.74, 6) is 3.42. The lowest BCUT2D eigenvalue weighted by Gasteiger charge is -2.18. The minimum atomic E-state index is 0.463. The second kappa shape index (κ2) is 8.48. The predicted octanol–water partition coefficient (Wildman–Crippen LogP) is 4.14. The lowest BCUT2D eigenvalue weighted by atomic mass is 9.93. The van der Waals surface area contributed by atoms with Crippen LogP contribution in [-0.2, 0) is 12.8 Å². The number of ether oxygens (including phenoxy) is 4. The zero-order valence-corrected chi connectivity index (χ0v) is 15.1. The van der Waals surface area contributed by atoms with Gasteiger partial charge in [-0.3, -0.25) is 0 Å². The van der Waals surface area contributed by atoms with E-state index in [-0.39, 0.29) is 0 Å². The molecule has 24 heavy (non-hydrogen) atoms. The van der Waals surface area contributed by atoms with E-state index in [1.165, 1.54) is 5.56 Å². The Balaban J connectivity index is 2.14. The molecule has 1 atom stereocenters. The highest BCUT2D eigenvalue weighted by molar-refractivity contribution is 5.55. The van der Waals surface area contributed by atoms with Gasteiger partial charge in [-0.05, 0) is 48.1 Å². The van der Waals surface area contributed by atoms with Crippen LogP contribution in [0.1, 0.15) is 18.1 Å². The monoisotopic (exact) mass is 330 g/mol. The lowest BCUT2D eigenvalue weighted by molar-refractivity contribution is 0.321. The standard InChI is InChI=1S/C20H26O4/c1-14(12-15-6-9-17(21-2)10-7-15)13-16-8-11-18(22-3)20(24-5)19(16)23-4/h6-11,14H,12-13H2,1-5H3. The van der Waals surface area contributed by atoms with Crippen molar-refractivity contribution in [3.63, 3.8) is 0 Å². The van der Waals surface area contributed by atoms with Crippen LogP contribution >= 0.6 is 0 Å². The molecule has 0 aromatic heterocycles. The molecule has 0 amide bonds. The van der Waals surface area contributed by atoms with E-state index in [4.69, 9.17) is 18.9 Å². The summed E-state index contributed by atoms with van der Waals surface area (Å²) < 4.78 is 21.6. The molecule has 4 nitrogen and oxygen atoms in total. The van der Waals surface area contributed by atoms with Gasteiger partial charge in [-0.25, -0.2) is 0 Å². The predicted molar refractivity (Wildman–Crippen MR) is 95.7 cm³/mol. The largest absolute Gasteiger partial charge is 0.497 e. The van der Waals surface area contributed by atoms with Gasteiger partial charge in [-0.1, -0.05) is 25.1 Å². The second-order valence-corrected chi connectivity index (χ2v) is 5.85. The van der Waals surface area contributed by atoms with Crippen LogP contribution in [0.4, 0.5) is 0 Å². The fraction of sp³-hybridized carbons (Fsp3) is 0.400. The van der Waals surface area contributed by atoms with Crippen molar-refractivity contribution in [2.75, 3.05) is 28.4 Å². The molecular formula is C20H26O4. The summed E-state index contributed by atoms with van der Waals surface area (Å²) >= 11 is 0. The average Bonchev–Trinajstić information content (AvgIpc) is 2.61. The van der Waals surface area contributed by atoms with Crippen molar-refractivity contribution in [3.8, 4) is 23.0 Å². The van der Waals surface area contributed by atoms with Gasteiger partial charge in [0.2, 0.25) is 5.75 Å². The van der Waals surface area contributed by atoms with Crippen LogP contribution in [0.15, 0.2) is 36.4 Å². The quantitative estimate of drug-likeness (QED) is 0.729. The summed E-state index contributed by atoms with van der Waals surface area (Å²) in [5.41, 5.74) is 2.42. The molecule has 0 spiro atoms. The summed E-state index contributed by atoms with van der Waals surface area (Å²) in [5, 5.41) is 0. The van der Waals surface area contributed by atoms with Crippen molar-refractivity contribution in [1.29, 1.82) is 0 Å². The first kappa shape index (κ1) is 18.0. The third-order valence-corrected chi connectivity index (χ3v) is 4.10. The summed E-state index contributed by atoms with van der Waals surface area (Å²) in [4.78, 5) is 0. The van der Waals surface area contributed by atoms with Gasteiger partial charge in [-0.2, -0.15) is 0 Å². The van der Waals surface area contributed by atoms with Crippen molar-refractivity contribution in [3.05, 3.63) is 47.5 Å². The maximum Gasteiger partial charge on any atom is 0.203 e. The van der Waals surface area contributed by atoms with Gasteiger partial charge in [-0.15, -0.1) is 0 Å². The molecule has 0 saturated heterocycles. The molecular weight excluding hydrogens is 304 g/mol. The van der Waals surface area contributed by atoms with E-state index in [0.29, 0.717) is 17.4 Å². The molecule has 0 heterocycles. The van der Waals surface area contributed by atoms with Crippen LogP contribution < -0.4 is 18.9 Å². The third kappa shape index (κ3) is 4.13. The van der Waals surface area contributed by atoms with Gasteiger partial charge in [0, 0.05) is 0 Å². The van der Waals surface area contributed by atoms with Gasteiger partial charge >= 0.3 is 0 Å². The number of benzene rings is 2. The minimum Gasteiger partial charge on any atom is -0.497 e. The topological polar surface area (TPSA) is 36.9 Å². The maximum atomic E-state index is 5.57. The van der Waals surface area contributed by atoms with Gasteiger partial charge in [0.15, 0.2) is 11.5 Å². The van der Waals surface area contributed by atoms with E-state index in [1.807, 2.05) is 24.3 Å². The average molecular weight is 330 g/mol. The molecule has 0 N–H and O–H groups in total. The lowest BCUT2D eigenvalue weighted by Crippen LogP contribution is -2.06. The van der Waals surface area contributed by atoms with Crippen molar-refractivity contribution in [1.82, 2.24) is 0 Å². The van der Waals surface area contributed by atoms with Crippen LogP contribution in [0.25, 0.3) is 0 Å². The summed E-state index contributed by atoms with van der Waals surface area (Å²) in [6, 6.07) is 12.2. The SMILES string of the molecule is COc1ccc(CC(C)Cc2ccc(OC)c(OC)c2OC)cc1. The van der Waals surface area contributed by atoms with Gasteiger partial charge < -0.3 is 18.9 Å². The first-order valence-electron chi connectivity index (χ1n) is 8.03. The highest BCUT2D eigenvalue weighted by Crippen LogP contribution is 2.40. The molecule has 130 valence electrons. The molecule has 2 rings (SSSR count). The Bertz CT molecular complexity index is 649. The van der Waals surface area contributed by atoms with Crippen molar-refractivity contribution in [2.24, 2.45) is 5.92 Å². The highest BCUT2D eigenvalue weighted by atomic mass is 16.5. The summed E-state index contributed by atoms with van der Waals surface area (Å²) in [7, 11) is 6.60. The Morgan fingerprint density at radius 3 is 1.92 bits per heavy atom. The van der Waals surface area contributed by atoms with Crippen LogP contribution in [-0.4, -0.2) is 28.4 Å². The normalized spacial score (nSPS) is 11.7. The van der Waals surface area contributed by atoms with E-state index in [1.54, 1.807) is 28.4 Å². The minimum absolute atomic E-state index is 0.463. The zero-order valence-electron chi connectivity index (χ0n) is 15.1. The molecule has 0 bridgehead atoms. The molecule has 0 aliphatic carbocycles. The summed E-state index contributed by atoms with van der Waals surface area (Å²) in [6.45, 7) is 2.24. The first-order chi connectivity index (χ1) is 11.6. The molecule has 0 radical (unpaired) electrons. The number of methoxy groups -OCH3 is 4. The number of hydrogen-bond donors (Lipinski definition) is 0. The van der Waals surface area contributed by atoms with Gasteiger partial charge in [0.25, 0.3) is 0 Å². The zero-order chi connectivity index (χ0) is 17.5. The fourth-order valence-corrected chi connectivity index (χ4v) is 2.94. The summed E-state index contributed by atoms with van der Waals surface area (Å²) in [6.07, 6.45) is 1.89. The molecule has 0 fully saturated rings. The Kier molecular flexibility index (Phi) is 6.36. The Morgan fingerprint density at radius 2 is 1.38 bits per heavy atom.